The smallest absolute Gasteiger partial charge is 0.251 e. The molecule has 0 saturated heterocycles. The van der Waals surface area contributed by atoms with E-state index in [1.165, 1.54) is 0 Å². The Morgan fingerprint density at radius 2 is 2.15 bits per heavy atom. The Labute approximate surface area is 157 Å². The summed E-state index contributed by atoms with van der Waals surface area (Å²) >= 11 is 0. The van der Waals surface area contributed by atoms with Gasteiger partial charge in [-0.05, 0) is 66.4 Å². The standard InChI is InChI=1S/C20H22N6O/c1-3-5-18-23-24-25-26(18)17-11-14(19-13(2)6-4-9-21-19)10-15(12-17)20(27)22-16-7-8-16/h4,6,9-12,16H,3,5,7-8H2,1-2H3,(H,22,27). The molecule has 0 spiro atoms. The van der Waals surface area contributed by atoms with Gasteiger partial charge in [0.1, 0.15) is 0 Å². The molecule has 0 unspecified atom stereocenters. The van der Waals surface area contributed by atoms with Crippen molar-refractivity contribution < 1.29 is 4.79 Å². The fraction of sp³-hybridized carbons (Fsp3) is 0.350. The van der Waals surface area contributed by atoms with Crippen LogP contribution in [0, 0.1) is 6.92 Å². The predicted molar refractivity (Wildman–Crippen MR) is 102 cm³/mol. The number of aryl methyl sites for hydroxylation is 2. The molecule has 0 atom stereocenters. The fourth-order valence-electron chi connectivity index (χ4n) is 3.07. The maximum absolute atomic E-state index is 12.7. The van der Waals surface area contributed by atoms with Gasteiger partial charge < -0.3 is 5.32 Å². The van der Waals surface area contributed by atoms with Crippen molar-refractivity contribution in [2.24, 2.45) is 0 Å². The van der Waals surface area contributed by atoms with Crippen LogP contribution in [0.4, 0.5) is 0 Å². The van der Waals surface area contributed by atoms with Crippen LogP contribution in [0.5, 0.6) is 0 Å². The van der Waals surface area contributed by atoms with E-state index in [1.54, 1.807) is 10.9 Å². The third-order valence-electron chi connectivity index (χ3n) is 4.63. The van der Waals surface area contributed by atoms with Crippen LogP contribution < -0.4 is 5.32 Å². The predicted octanol–water partition coefficient (Wildman–Crippen LogP) is 2.88. The molecule has 1 amide bonds. The zero-order valence-corrected chi connectivity index (χ0v) is 15.5. The number of pyridine rings is 1. The van der Waals surface area contributed by atoms with Gasteiger partial charge >= 0.3 is 0 Å². The minimum absolute atomic E-state index is 0.0701. The third-order valence-corrected chi connectivity index (χ3v) is 4.63. The highest BCUT2D eigenvalue weighted by atomic mass is 16.1. The summed E-state index contributed by atoms with van der Waals surface area (Å²) in [6, 6.07) is 9.93. The second-order valence-electron chi connectivity index (χ2n) is 6.94. The minimum Gasteiger partial charge on any atom is -0.349 e. The number of aromatic nitrogens is 5. The Kier molecular flexibility index (Phi) is 4.66. The van der Waals surface area contributed by atoms with Crippen LogP contribution in [-0.4, -0.2) is 37.1 Å². The van der Waals surface area contributed by atoms with Crippen molar-refractivity contribution in [1.82, 2.24) is 30.5 Å². The van der Waals surface area contributed by atoms with Gasteiger partial charge in [0.2, 0.25) is 0 Å². The molecule has 1 aliphatic carbocycles. The molecule has 1 aliphatic rings. The van der Waals surface area contributed by atoms with Crippen molar-refractivity contribution in [3.05, 3.63) is 53.5 Å². The molecule has 1 N–H and O–H groups in total. The first-order valence-electron chi connectivity index (χ1n) is 9.31. The lowest BCUT2D eigenvalue weighted by Crippen LogP contribution is -2.25. The maximum atomic E-state index is 12.7. The second-order valence-corrected chi connectivity index (χ2v) is 6.94. The number of carbonyl (C=O) groups is 1. The van der Waals surface area contributed by atoms with E-state index in [-0.39, 0.29) is 5.91 Å². The van der Waals surface area contributed by atoms with Gasteiger partial charge in [0.25, 0.3) is 5.91 Å². The quantitative estimate of drug-likeness (QED) is 0.729. The Bertz CT molecular complexity index is 976. The molecule has 2 heterocycles. The molecule has 0 radical (unpaired) electrons. The molecule has 138 valence electrons. The van der Waals surface area contributed by atoms with Crippen LogP contribution in [0.1, 0.15) is 47.9 Å². The molecule has 1 aromatic carbocycles. The zero-order valence-electron chi connectivity index (χ0n) is 15.5. The van der Waals surface area contributed by atoms with Crippen molar-refractivity contribution in [1.29, 1.82) is 0 Å². The monoisotopic (exact) mass is 362 g/mol. The number of tetrazole rings is 1. The molecule has 4 rings (SSSR count). The van der Waals surface area contributed by atoms with E-state index >= 15 is 0 Å². The molecule has 0 aliphatic heterocycles. The topological polar surface area (TPSA) is 85.6 Å². The Balaban J connectivity index is 1.82. The number of benzene rings is 1. The largest absolute Gasteiger partial charge is 0.349 e. The Hall–Kier alpha value is -3.09. The molecule has 7 nitrogen and oxygen atoms in total. The van der Waals surface area contributed by atoms with Crippen molar-refractivity contribution in [2.75, 3.05) is 0 Å². The second kappa shape index (κ2) is 7.26. The summed E-state index contributed by atoms with van der Waals surface area (Å²) in [4.78, 5) is 17.2. The molecule has 7 heteroatoms. The summed E-state index contributed by atoms with van der Waals surface area (Å²) in [6.07, 6.45) is 5.56. The fourth-order valence-corrected chi connectivity index (χ4v) is 3.07. The number of hydrogen-bond acceptors (Lipinski definition) is 5. The maximum Gasteiger partial charge on any atom is 0.251 e. The van der Waals surface area contributed by atoms with Crippen LogP contribution in [0.2, 0.25) is 0 Å². The summed E-state index contributed by atoms with van der Waals surface area (Å²) in [5, 5.41) is 15.1. The van der Waals surface area contributed by atoms with Crippen LogP contribution in [0.15, 0.2) is 36.5 Å². The van der Waals surface area contributed by atoms with Gasteiger partial charge in [-0.25, -0.2) is 0 Å². The Morgan fingerprint density at radius 3 is 2.89 bits per heavy atom. The first-order chi connectivity index (χ1) is 13.2. The highest BCUT2D eigenvalue weighted by molar-refractivity contribution is 5.96. The number of nitrogens with one attached hydrogen (secondary N) is 1. The van der Waals surface area contributed by atoms with E-state index in [4.69, 9.17) is 0 Å². The van der Waals surface area contributed by atoms with Crippen molar-refractivity contribution in [2.45, 2.75) is 45.6 Å². The highest BCUT2D eigenvalue weighted by Gasteiger charge is 2.24. The van der Waals surface area contributed by atoms with Gasteiger partial charge in [-0.1, -0.05) is 13.0 Å². The molecule has 2 aromatic heterocycles. The first kappa shape index (κ1) is 17.3. The van der Waals surface area contributed by atoms with Crippen LogP contribution in [0.3, 0.4) is 0 Å². The minimum atomic E-state index is -0.0701. The van der Waals surface area contributed by atoms with Gasteiger partial charge in [-0.15, -0.1) is 5.10 Å². The summed E-state index contributed by atoms with van der Waals surface area (Å²) in [5.74, 6) is 0.709. The van der Waals surface area contributed by atoms with Crippen LogP contribution in [0.25, 0.3) is 16.9 Å². The summed E-state index contributed by atoms with van der Waals surface area (Å²) in [7, 11) is 0. The number of carbonyl (C=O) groups excluding carboxylic acids is 1. The van der Waals surface area contributed by atoms with E-state index in [1.807, 2.05) is 37.3 Å². The van der Waals surface area contributed by atoms with Gasteiger partial charge in [0, 0.05) is 29.8 Å². The summed E-state index contributed by atoms with van der Waals surface area (Å²) < 4.78 is 1.71. The van der Waals surface area contributed by atoms with E-state index in [0.29, 0.717) is 11.6 Å². The highest BCUT2D eigenvalue weighted by Crippen LogP contribution is 2.26. The van der Waals surface area contributed by atoms with Gasteiger partial charge in [-0.2, -0.15) is 4.68 Å². The van der Waals surface area contributed by atoms with Crippen molar-refractivity contribution in [3.63, 3.8) is 0 Å². The average molecular weight is 362 g/mol. The normalized spacial score (nSPS) is 13.6. The number of hydrogen-bond donors (Lipinski definition) is 1. The number of amides is 1. The number of nitrogens with zero attached hydrogens (tertiary/aromatic N) is 5. The summed E-state index contributed by atoms with van der Waals surface area (Å²) in [6.45, 7) is 4.10. The molecular formula is C20H22N6O. The SMILES string of the molecule is CCCc1nnnn1-c1cc(C(=O)NC2CC2)cc(-c2ncccc2C)c1. The molecule has 27 heavy (non-hydrogen) atoms. The zero-order chi connectivity index (χ0) is 18.8. The molecule has 3 aromatic rings. The van der Waals surface area contributed by atoms with Gasteiger partial charge in [-0.3, -0.25) is 9.78 Å². The Morgan fingerprint density at radius 1 is 1.30 bits per heavy atom. The van der Waals surface area contributed by atoms with E-state index in [9.17, 15) is 4.79 Å². The molecular weight excluding hydrogens is 340 g/mol. The lowest BCUT2D eigenvalue weighted by atomic mass is 10.0. The number of rotatable bonds is 6. The van der Waals surface area contributed by atoms with Crippen LogP contribution in [-0.2, 0) is 6.42 Å². The molecule has 1 fully saturated rings. The lowest BCUT2D eigenvalue weighted by Gasteiger charge is -2.12. The first-order valence-corrected chi connectivity index (χ1v) is 9.31. The molecule has 1 saturated carbocycles. The summed E-state index contributed by atoms with van der Waals surface area (Å²) in [5.41, 5.74) is 4.15. The van der Waals surface area contributed by atoms with Crippen LogP contribution >= 0.6 is 0 Å². The van der Waals surface area contributed by atoms with E-state index in [2.05, 4.69) is 32.7 Å². The van der Waals surface area contributed by atoms with E-state index < -0.39 is 0 Å². The van der Waals surface area contributed by atoms with Gasteiger partial charge in [0.15, 0.2) is 5.82 Å². The van der Waals surface area contributed by atoms with E-state index in [0.717, 1.165) is 54.0 Å². The van der Waals surface area contributed by atoms with Gasteiger partial charge in [0.05, 0.1) is 11.4 Å². The lowest BCUT2D eigenvalue weighted by molar-refractivity contribution is 0.0951. The van der Waals surface area contributed by atoms with Crippen molar-refractivity contribution in [3.8, 4) is 16.9 Å². The third kappa shape index (κ3) is 3.72. The molecule has 0 bridgehead atoms. The average Bonchev–Trinajstić information content (AvgIpc) is 3.37. The van der Waals surface area contributed by atoms with Crippen molar-refractivity contribution >= 4 is 5.91 Å².